The molecule has 1 aromatic carbocycles. The lowest BCUT2D eigenvalue weighted by atomic mass is 10.0. The monoisotopic (exact) mass is 244 g/mol. The second-order valence-corrected chi connectivity index (χ2v) is 4.82. The van der Waals surface area contributed by atoms with E-state index in [9.17, 15) is 0 Å². The summed E-state index contributed by atoms with van der Waals surface area (Å²) in [7, 11) is 0. The van der Waals surface area contributed by atoms with Gasteiger partial charge in [0.2, 0.25) is 0 Å². The molecule has 0 saturated heterocycles. The van der Waals surface area contributed by atoms with Gasteiger partial charge in [0.1, 0.15) is 5.75 Å². The van der Waals surface area contributed by atoms with Crippen molar-refractivity contribution in [1.82, 2.24) is 5.32 Å². The van der Waals surface area contributed by atoms with Gasteiger partial charge in [-0.25, -0.2) is 0 Å². The van der Waals surface area contributed by atoms with Crippen molar-refractivity contribution in [3.05, 3.63) is 29.3 Å². The average molecular weight is 244 g/mol. The van der Waals surface area contributed by atoms with Gasteiger partial charge in [0.05, 0.1) is 19.1 Å². The van der Waals surface area contributed by atoms with Crippen LogP contribution in [0.15, 0.2) is 18.2 Å². The van der Waals surface area contributed by atoms with Crippen LogP contribution in [0.4, 0.5) is 0 Å². The molecule has 2 rings (SSSR count). The molecule has 0 fully saturated rings. The zero-order chi connectivity index (χ0) is 13.0. The van der Waals surface area contributed by atoms with E-state index >= 15 is 0 Å². The van der Waals surface area contributed by atoms with Gasteiger partial charge >= 0.3 is 0 Å². The molecule has 1 N–H and O–H groups in total. The number of nitriles is 1. The highest BCUT2D eigenvalue weighted by Gasteiger charge is 2.16. The first kappa shape index (κ1) is 12.9. The molecular weight excluding hydrogens is 224 g/mol. The number of benzene rings is 1. The van der Waals surface area contributed by atoms with E-state index in [-0.39, 0.29) is 12.1 Å². The molecule has 3 nitrogen and oxygen atoms in total. The number of nitrogens with one attached hydrogen (secondary N) is 1. The van der Waals surface area contributed by atoms with Crippen molar-refractivity contribution in [3.8, 4) is 11.8 Å². The van der Waals surface area contributed by atoms with Crippen LogP contribution in [0.25, 0.3) is 0 Å². The van der Waals surface area contributed by atoms with Crippen LogP contribution in [0.3, 0.4) is 0 Å². The fourth-order valence-corrected chi connectivity index (χ4v) is 2.36. The van der Waals surface area contributed by atoms with Crippen molar-refractivity contribution in [2.24, 2.45) is 0 Å². The molecule has 0 amide bonds. The Bertz CT molecular complexity index is 450. The van der Waals surface area contributed by atoms with E-state index in [0.717, 1.165) is 25.2 Å². The van der Waals surface area contributed by atoms with Crippen LogP contribution in [0, 0.1) is 11.3 Å². The van der Waals surface area contributed by atoms with Gasteiger partial charge < -0.3 is 10.1 Å². The third-order valence-corrected chi connectivity index (χ3v) is 3.53. The third kappa shape index (κ3) is 2.83. The maximum absolute atomic E-state index is 8.77. The molecule has 0 aromatic heterocycles. The minimum atomic E-state index is 0.272. The molecule has 0 radical (unpaired) electrons. The second-order valence-electron chi connectivity index (χ2n) is 4.82. The summed E-state index contributed by atoms with van der Waals surface area (Å²) in [5.41, 5.74) is 2.57. The van der Waals surface area contributed by atoms with Crippen LogP contribution in [0.2, 0.25) is 0 Å². The highest BCUT2D eigenvalue weighted by atomic mass is 16.5. The Kier molecular flexibility index (Phi) is 4.22. The quantitative estimate of drug-likeness (QED) is 0.866. The molecule has 1 aromatic rings. The Morgan fingerprint density at radius 1 is 1.50 bits per heavy atom. The minimum absolute atomic E-state index is 0.272. The topological polar surface area (TPSA) is 45.0 Å². The molecule has 2 atom stereocenters. The second kappa shape index (κ2) is 5.88. The highest BCUT2D eigenvalue weighted by molar-refractivity contribution is 5.40. The highest BCUT2D eigenvalue weighted by Crippen LogP contribution is 2.28. The zero-order valence-corrected chi connectivity index (χ0v) is 11.1. The minimum Gasteiger partial charge on any atom is -0.493 e. The fourth-order valence-electron chi connectivity index (χ4n) is 2.36. The van der Waals surface area contributed by atoms with Crippen LogP contribution in [0.5, 0.6) is 5.75 Å². The van der Waals surface area contributed by atoms with Gasteiger partial charge in [0, 0.05) is 18.5 Å². The Morgan fingerprint density at radius 2 is 2.33 bits per heavy atom. The smallest absolute Gasteiger partial charge is 0.122 e. The number of fused-ring (bicyclic) bond motifs is 1. The van der Waals surface area contributed by atoms with Crippen LogP contribution < -0.4 is 10.1 Å². The standard InChI is InChI=1S/C15H20N2O/c1-3-14(6-8-16)17-11(2)12-4-5-15-13(10-12)7-9-18-15/h4-5,10-11,14,17H,3,6-7,9H2,1-2H3. The Labute approximate surface area is 109 Å². The predicted octanol–water partition coefficient (Wildman–Crippen LogP) is 2.96. The molecule has 0 bridgehead atoms. The van der Waals surface area contributed by atoms with Gasteiger partial charge in [-0.15, -0.1) is 0 Å². The number of hydrogen-bond donors (Lipinski definition) is 1. The van der Waals surface area contributed by atoms with Crippen LogP contribution in [-0.2, 0) is 6.42 Å². The van der Waals surface area contributed by atoms with Gasteiger partial charge in [0.25, 0.3) is 0 Å². The number of hydrogen-bond acceptors (Lipinski definition) is 3. The van der Waals surface area contributed by atoms with Gasteiger partial charge in [-0.05, 0) is 30.5 Å². The Morgan fingerprint density at radius 3 is 3.06 bits per heavy atom. The summed E-state index contributed by atoms with van der Waals surface area (Å²) in [6.45, 7) is 5.06. The molecule has 0 spiro atoms. The normalized spacial score (nSPS) is 16.5. The molecule has 1 heterocycles. The maximum atomic E-state index is 8.77. The largest absolute Gasteiger partial charge is 0.493 e. The van der Waals surface area contributed by atoms with E-state index in [4.69, 9.17) is 10.00 Å². The number of nitrogens with zero attached hydrogens (tertiary/aromatic N) is 1. The molecule has 1 aliphatic heterocycles. The van der Waals surface area contributed by atoms with Crippen LogP contribution in [0.1, 0.15) is 43.9 Å². The SMILES string of the molecule is CCC(CC#N)NC(C)c1ccc2c(c1)CCO2. The first-order valence-corrected chi connectivity index (χ1v) is 6.63. The van der Waals surface area contributed by atoms with Crippen molar-refractivity contribution < 1.29 is 4.74 Å². The van der Waals surface area contributed by atoms with Gasteiger partial charge in [0.15, 0.2) is 0 Å². The fraction of sp³-hybridized carbons (Fsp3) is 0.533. The third-order valence-electron chi connectivity index (χ3n) is 3.53. The lowest BCUT2D eigenvalue weighted by Crippen LogP contribution is -2.30. The molecule has 3 heteroatoms. The summed E-state index contributed by atoms with van der Waals surface area (Å²) in [6.07, 6.45) is 2.55. The van der Waals surface area contributed by atoms with Crippen molar-refractivity contribution in [1.29, 1.82) is 5.26 Å². The van der Waals surface area contributed by atoms with Crippen LogP contribution in [-0.4, -0.2) is 12.6 Å². The molecule has 0 saturated carbocycles. The van der Waals surface area contributed by atoms with E-state index in [0.29, 0.717) is 6.42 Å². The number of ether oxygens (including phenoxy) is 1. The molecule has 18 heavy (non-hydrogen) atoms. The average Bonchev–Trinajstić information content (AvgIpc) is 2.85. The van der Waals surface area contributed by atoms with E-state index in [1.165, 1.54) is 11.1 Å². The molecule has 1 aliphatic rings. The maximum Gasteiger partial charge on any atom is 0.122 e. The van der Waals surface area contributed by atoms with Gasteiger partial charge in [-0.3, -0.25) is 0 Å². The summed E-state index contributed by atoms with van der Waals surface area (Å²) in [4.78, 5) is 0. The Hall–Kier alpha value is -1.53. The van der Waals surface area contributed by atoms with Crippen molar-refractivity contribution in [2.75, 3.05) is 6.61 Å². The summed E-state index contributed by atoms with van der Waals surface area (Å²) in [6, 6.07) is 9.17. The first-order chi connectivity index (χ1) is 8.74. The summed E-state index contributed by atoms with van der Waals surface area (Å²) >= 11 is 0. The van der Waals surface area contributed by atoms with Crippen molar-refractivity contribution in [2.45, 2.75) is 45.2 Å². The first-order valence-electron chi connectivity index (χ1n) is 6.63. The van der Waals surface area contributed by atoms with Gasteiger partial charge in [-0.2, -0.15) is 5.26 Å². The lowest BCUT2D eigenvalue weighted by Gasteiger charge is -2.21. The number of rotatable bonds is 5. The zero-order valence-electron chi connectivity index (χ0n) is 11.1. The molecule has 2 unspecified atom stereocenters. The van der Waals surface area contributed by atoms with Crippen molar-refractivity contribution in [3.63, 3.8) is 0 Å². The predicted molar refractivity (Wildman–Crippen MR) is 71.5 cm³/mol. The van der Waals surface area contributed by atoms with Crippen molar-refractivity contribution >= 4 is 0 Å². The summed E-state index contributed by atoms with van der Waals surface area (Å²) < 4.78 is 5.51. The lowest BCUT2D eigenvalue weighted by molar-refractivity contribution is 0.356. The summed E-state index contributed by atoms with van der Waals surface area (Å²) in [5, 5.41) is 12.3. The van der Waals surface area contributed by atoms with E-state index in [1.807, 2.05) is 0 Å². The van der Waals surface area contributed by atoms with Gasteiger partial charge in [-0.1, -0.05) is 19.1 Å². The van der Waals surface area contributed by atoms with E-state index in [1.54, 1.807) is 0 Å². The van der Waals surface area contributed by atoms with E-state index < -0.39 is 0 Å². The summed E-state index contributed by atoms with van der Waals surface area (Å²) in [5.74, 6) is 1.02. The Balaban J connectivity index is 2.04. The van der Waals surface area contributed by atoms with E-state index in [2.05, 4.69) is 43.4 Å². The molecule has 0 aliphatic carbocycles. The molecular formula is C15H20N2O. The van der Waals surface area contributed by atoms with Crippen LogP contribution >= 0.6 is 0 Å². The molecule has 96 valence electrons.